The van der Waals surface area contributed by atoms with Crippen LogP contribution < -0.4 is 5.32 Å². The Morgan fingerprint density at radius 1 is 1.00 bits per heavy atom. The third-order valence-electron chi connectivity index (χ3n) is 6.71. The van der Waals surface area contributed by atoms with Gasteiger partial charge in [0.1, 0.15) is 6.61 Å². The highest BCUT2D eigenvalue weighted by Gasteiger charge is 2.30. The number of unbranched alkanes of at least 4 members (excludes halogenated alkanes) is 1. The molecule has 170 valence electrons. The van der Waals surface area contributed by atoms with Crippen LogP contribution in [0.3, 0.4) is 0 Å². The summed E-state index contributed by atoms with van der Waals surface area (Å²) in [5.41, 5.74) is 4.79. The lowest BCUT2D eigenvalue weighted by Crippen LogP contribution is -2.29. The number of carbonyl (C=O) groups is 2. The first-order valence-corrected chi connectivity index (χ1v) is 11.5. The van der Waals surface area contributed by atoms with Gasteiger partial charge in [0.25, 0.3) is 0 Å². The van der Waals surface area contributed by atoms with Crippen molar-refractivity contribution in [3.63, 3.8) is 0 Å². The van der Waals surface area contributed by atoms with Gasteiger partial charge in [-0.3, -0.25) is 4.79 Å². The van der Waals surface area contributed by atoms with Crippen molar-refractivity contribution in [1.82, 2.24) is 5.32 Å². The van der Waals surface area contributed by atoms with E-state index < -0.39 is 12.1 Å². The number of fused-ring (bicyclic) bond motifs is 3. The van der Waals surface area contributed by atoms with Crippen molar-refractivity contribution in [2.45, 2.75) is 38.0 Å². The molecule has 1 aliphatic carbocycles. The van der Waals surface area contributed by atoms with E-state index in [1.807, 2.05) is 24.3 Å². The molecule has 0 aromatic heterocycles. The summed E-state index contributed by atoms with van der Waals surface area (Å²) in [6.45, 7) is 2.08. The number of benzene rings is 2. The highest BCUT2D eigenvalue weighted by atomic mass is 16.5. The van der Waals surface area contributed by atoms with Crippen molar-refractivity contribution in [1.29, 1.82) is 0 Å². The SMILES string of the molecule is O=C(NCCCCC(C(=O)O)C1CCOCC1)OCC1c2ccccc2-c2ccccc21. The Labute approximate surface area is 188 Å². The molecule has 4 rings (SSSR count). The van der Waals surface area contributed by atoms with Crippen LogP contribution in [0.15, 0.2) is 48.5 Å². The molecule has 0 saturated carbocycles. The summed E-state index contributed by atoms with van der Waals surface area (Å²) < 4.78 is 10.9. The maximum Gasteiger partial charge on any atom is 0.407 e. The van der Waals surface area contributed by atoms with E-state index >= 15 is 0 Å². The molecule has 2 aromatic rings. The molecule has 1 amide bonds. The lowest BCUT2D eigenvalue weighted by Gasteiger charge is -2.27. The van der Waals surface area contributed by atoms with Crippen LogP contribution in [0.4, 0.5) is 4.79 Å². The number of carboxylic acid groups (broad SMARTS) is 1. The van der Waals surface area contributed by atoms with Crippen molar-refractivity contribution < 1.29 is 24.2 Å². The van der Waals surface area contributed by atoms with Crippen LogP contribution in [-0.2, 0) is 14.3 Å². The van der Waals surface area contributed by atoms with Crippen molar-refractivity contribution >= 4 is 12.1 Å². The molecule has 0 radical (unpaired) electrons. The second-order valence-electron chi connectivity index (χ2n) is 8.64. The van der Waals surface area contributed by atoms with E-state index in [1.54, 1.807) is 0 Å². The van der Waals surface area contributed by atoms with Crippen molar-refractivity contribution in [3.05, 3.63) is 59.7 Å². The lowest BCUT2D eigenvalue weighted by molar-refractivity contribution is -0.145. The second-order valence-corrected chi connectivity index (χ2v) is 8.64. The zero-order valence-corrected chi connectivity index (χ0v) is 18.3. The number of hydrogen-bond acceptors (Lipinski definition) is 4. The van der Waals surface area contributed by atoms with Gasteiger partial charge in [-0.15, -0.1) is 0 Å². The molecule has 2 aliphatic rings. The molecule has 32 heavy (non-hydrogen) atoms. The Hall–Kier alpha value is -2.86. The summed E-state index contributed by atoms with van der Waals surface area (Å²) in [5, 5.41) is 12.4. The number of carboxylic acids is 1. The zero-order valence-electron chi connectivity index (χ0n) is 18.3. The Kier molecular flexibility index (Phi) is 7.43. The average Bonchev–Trinajstić information content (AvgIpc) is 3.14. The summed E-state index contributed by atoms with van der Waals surface area (Å²) in [6, 6.07) is 16.5. The molecule has 1 fully saturated rings. The van der Waals surface area contributed by atoms with Crippen LogP contribution in [0.1, 0.15) is 49.1 Å². The van der Waals surface area contributed by atoms with Gasteiger partial charge in [-0.05, 0) is 53.9 Å². The van der Waals surface area contributed by atoms with Crippen LogP contribution >= 0.6 is 0 Å². The van der Waals surface area contributed by atoms with Gasteiger partial charge in [-0.25, -0.2) is 4.79 Å². The molecular weight excluding hydrogens is 406 g/mol. The van der Waals surface area contributed by atoms with Gasteiger partial charge in [-0.1, -0.05) is 55.0 Å². The van der Waals surface area contributed by atoms with Gasteiger partial charge in [0.15, 0.2) is 0 Å². The van der Waals surface area contributed by atoms with Gasteiger partial charge >= 0.3 is 12.1 Å². The van der Waals surface area contributed by atoms with Crippen LogP contribution in [0.25, 0.3) is 11.1 Å². The average molecular weight is 438 g/mol. The van der Waals surface area contributed by atoms with Crippen LogP contribution in [0, 0.1) is 11.8 Å². The molecule has 1 atom stereocenters. The fraction of sp³-hybridized carbons (Fsp3) is 0.462. The third kappa shape index (κ3) is 5.13. The Morgan fingerprint density at radius 3 is 2.25 bits per heavy atom. The summed E-state index contributed by atoms with van der Waals surface area (Å²) in [7, 11) is 0. The summed E-state index contributed by atoms with van der Waals surface area (Å²) >= 11 is 0. The standard InChI is InChI=1S/C26H31NO5/c28-25(29)19(18-12-15-31-16-13-18)7-5-6-14-27-26(30)32-17-24-22-10-3-1-8-20(22)21-9-2-4-11-23(21)24/h1-4,8-11,18-19,24H,5-7,12-17H2,(H,27,30)(H,28,29). The quantitative estimate of drug-likeness (QED) is 0.549. The predicted molar refractivity (Wildman–Crippen MR) is 122 cm³/mol. The number of aliphatic carboxylic acids is 1. The van der Waals surface area contributed by atoms with E-state index in [2.05, 4.69) is 29.6 Å². The van der Waals surface area contributed by atoms with Crippen LogP contribution in [0.2, 0.25) is 0 Å². The molecular formula is C26H31NO5. The molecule has 0 bridgehead atoms. The molecule has 2 aromatic carbocycles. The molecule has 1 heterocycles. The smallest absolute Gasteiger partial charge is 0.407 e. The second kappa shape index (κ2) is 10.6. The molecule has 6 heteroatoms. The molecule has 1 saturated heterocycles. The highest BCUT2D eigenvalue weighted by molar-refractivity contribution is 5.79. The summed E-state index contributed by atoms with van der Waals surface area (Å²) in [5.74, 6) is -0.810. The van der Waals surface area contributed by atoms with Crippen LogP contribution in [0.5, 0.6) is 0 Å². The van der Waals surface area contributed by atoms with Gasteiger partial charge in [0.05, 0.1) is 5.92 Å². The number of carbonyl (C=O) groups excluding carboxylic acids is 1. The molecule has 6 nitrogen and oxygen atoms in total. The predicted octanol–water partition coefficient (Wildman–Crippen LogP) is 4.82. The Bertz CT molecular complexity index is 892. The highest BCUT2D eigenvalue weighted by Crippen LogP contribution is 2.44. The largest absolute Gasteiger partial charge is 0.481 e. The summed E-state index contributed by atoms with van der Waals surface area (Å²) in [4.78, 5) is 23.9. The topological polar surface area (TPSA) is 84.9 Å². The number of ether oxygens (including phenoxy) is 2. The first-order valence-electron chi connectivity index (χ1n) is 11.5. The molecule has 1 unspecified atom stereocenters. The third-order valence-corrected chi connectivity index (χ3v) is 6.71. The fourth-order valence-electron chi connectivity index (χ4n) is 5.01. The molecule has 2 N–H and O–H groups in total. The Morgan fingerprint density at radius 2 is 1.62 bits per heavy atom. The zero-order chi connectivity index (χ0) is 22.3. The van der Waals surface area contributed by atoms with Gasteiger partial charge < -0.3 is 19.9 Å². The lowest BCUT2D eigenvalue weighted by atomic mass is 9.83. The van der Waals surface area contributed by atoms with Gasteiger partial charge in [0, 0.05) is 25.7 Å². The summed E-state index contributed by atoms with van der Waals surface area (Å²) in [6.07, 6.45) is 3.33. The molecule has 1 aliphatic heterocycles. The fourth-order valence-corrected chi connectivity index (χ4v) is 5.01. The van der Waals surface area contributed by atoms with Gasteiger partial charge in [0.2, 0.25) is 0 Å². The number of nitrogens with one attached hydrogen (secondary N) is 1. The monoisotopic (exact) mass is 437 g/mol. The first kappa shape index (κ1) is 22.3. The minimum atomic E-state index is -0.721. The normalized spacial score (nSPS) is 16.8. The van der Waals surface area contributed by atoms with Crippen LogP contribution in [-0.4, -0.2) is 43.5 Å². The number of rotatable bonds is 9. The number of alkyl carbamates (subject to hydrolysis) is 1. The maximum absolute atomic E-state index is 12.2. The minimum absolute atomic E-state index is 0.0453. The Balaban J connectivity index is 1.20. The minimum Gasteiger partial charge on any atom is -0.481 e. The van der Waals surface area contributed by atoms with Crippen molar-refractivity contribution in [2.24, 2.45) is 11.8 Å². The first-order chi connectivity index (χ1) is 15.6. The van der Waals surface area contributed by atoms with Crippen molar-refractivity contribution in [3.8, 4) is 11.1 Å². The van der Waals surface area contributed by atoms with Crippen molar-refractivity contribution in [2.75, 3.05) is 26.4 Å². The van der Waals surface area contributed by atoms with E-state index in [0.29, 0.717) is 32.8 Å². The number of hydrogen-bond donors (Lipinski definition) is 2. The van der Waals surface area contributed by atoms with E-state index in [4.69, 9.17) is 9.47 Å². The van der Waals surface area contributed by atoms with E-state index in [-0.39, 0.29) is 17.8 Å². The van der Waals surface area contributed by atoms with E-state index in [1.165, 1.54) is 22.3 Å². The van der Waals surface area contributed by atoms with E-state index in [0.717, 1.165) is 25.7 Å². The van der Waals surface area contributed by atoms with Gasteiger partial charge in [-0.2, -0.15) is 0 Å². The number of amides is 1. The van der Waals surface area contributed by atoms with E-state index in [9.17, 15) is 14.7 Å². The maximum atomic E-state index is 12.2. The molecule has 0 spiro atoms.